The standard InChI is InChI=1S/C13H12BrN7/c14-10-6-16-13(12-9(10)2-1-5-15-12)17-7-11-18-19-20-21(11)8-3-4-8/h1-2,5-6,8H,3-4,7H2,(H,16,17). The smallest absolute Gasteiger partial charge is 0.170 e. The first-order chi connectivity index (χ1) is 10.3. The van der Waals surface area contributed by atoms with Crippen molar-refractivity contribution in [1.29, 1.82) is 0 Å². The fourth-order valence-electron chi connectivity index (χ4n) is 2.26. The Morgan fingerprint density at radius 1 is 1.33 bits per heavy atom. The lowest BCUT2D eigenvalue weighted by Crippen LogP contribution is -2.10. The third-order valence-corrected chi connectivity index (χ3v) is 4.10. The lowest BCUT2D eigenvalue weighted by Gasteiger charge is -2.08. The van der Waals surface area contributed by atoms with Crippen LogP contribution in [0.1, 0.15) is 24.7 Å². The number of aromatic nitrogens is 6. The summed E-state index contributed by atoms with van der Waals surface area (Å²) < 4.78 is 2.82. The van der Waals surface area contributed by atoms with E-state index >= 15 is 0 Å². The predicted molar refractivity (Wildman–Crippen MR) is 80.7 cm³/mol. The second-order valence-corrected chi connectivity index (χ2v) is 5.83. The second kappa shape index (κ2) is 5.03. The van der Waals surface area contributed by atoms with Crippen LogP contribution in [0.15, 0.2) is 29.0 Å². The van der Waals surface area contributed by atoms with Gasteiger partial charge in [-0.1, -0.05) is 0 Å². The summed E-state index contributed by atoms with van der Waals surface area (Å²) >= 11 is 3.49. The van der Waals surface area contributed by atoms with E-state index in [0.717, 1.165) is 39.9 Å². The molecule has 0 amide bonds. The van der Waals surface area contributed by atoms with Crippen LogP contribution in [0.2, 0.25) is 0 Å². The third-order valence-electron chi connectivity index (χ3n) is 3.46. The van der Waals surface area contributed by atoms with Gasteiger partial charge in [0.2, 0.25) is 0 Å². The van der Waals surface area contributed by atoms with Gasteiger partial charge in [-0.2, -0.15) is 0 Å². The number of hydrogen-bond donors (Lipinski definition) is 1. The molecule has 7 nitrogen and oxygen atoms in total. The summed E-state index contributed by atoms with van der Waals surface area (Å²) in [5.41, 5.74) is 0.831. The first kappa shape index (κ1) is 12.6. The molecule has 0 saturated heterocycles. The molecule has 0 atom stereocenters. The monoisotopic (exact) mass is 345 g/mol. The molecule has 1 saturated carbocycles. The molecule has 21 heavy (non-hydrogen) atoms. The Morgan fingerprint density at radius 2 is 2.24 bits per heavy atom. The van der Waals surface area contributed by atoms with Gasteiger partial charge < -0.3 is 5.32 Å². The van der Waals surface area contributed by atoms with Crippen LogP contribution in [0, 0.1) is 0 Å². The molecule has 0 aliphatic heterocycles. The lowest BCUT2D eigenvalue weighted by atomic mass is 10.2. The molecule has 0 radical (unpaired) electrons. The van der Waals surface area contributed by atoms with E-state index in [1.165, 1.54) is 0 Å². The highest BCUT2D eigenvalue weighted by Crippen LogP contribution is 2.34. The van der Waals surface area contributed by atoms with Crippen molar-refractivity contribution in [2.24, 2.45) is 0 Å². The molecule has 106 valence electrons. The minimum absolute atomic E-state index is 0.463. The van der Waals surface area contributed by atoms with E-state index in [4.69, 9.17) is 0 Å². The van der Waals surface area contributed by atoms with Crippen LogP contribution in [0.3, 0.4) is 0 Å². The quantitative estimate of drug-likeness (QED) is 0.781. The van der Waals surface area contributed by atoms with Gasteiger partial charge in [-0.25, -0.2) is 9.67 Å². The number of nitrogens with one attached hydrogen (secondary N) is 1. The number of rotatable bonds is 4. The molecule has 1 aliphatic rings. The van der Waals surface area contributed by atoms with Crippen LogP contribution in [0.4, 0.5) is 5.82 Å². The average Bonchev–Trinajstić information content (AvgIpc) is 3.26. The van der Waals surface area contributed by atoms with Crippen molar-refractivity contribution in [3.63, 3.8) is 0 Å². The lowest BCUT2D eigenvalue weighted by molar-refractivity contribution is 0.586. The van der Waals surface area contributed by atoms with Gasteiger partial charge in [-0.3, -0.25) is 4.98 Å². The van der Waals surface area contributed by atoms with Crippen molar-refractivity contribution in [3.05, 3.63) is 34.8 Å². The predicted octanol–water partition coefficient (Wildman–Crippen LogP) is 2.33. The normalized spacial score (nSPS) is 14.5. The Morgan fingerprint density at radius 3 is 3.10 bits per heavy atom. The molecule has 0 spiro atoms. The van der Waals surface area contributed by atoms with Gasteiger partial charge in [-0.05, 0) is 51.3 Å². The Kier molecular flexibility index (Phi) is 3.03. The summed E-state index contributed by atoms with van der Waals surface area (Å²) in [6.07, 6.45) is 5.84. The largest absolute Gasteiger partial charge is 0.361 e. The van der Waals surface area contributed by atoms with Crippen LogP contribution < -0.4 is 5.32 Å². The number of halogens is 1. The molecular formula is C13H12BrN7. The highest BCUT2D eigenvalue weighted by atomic mass is 79.9. The van der Waals surface area contributed by atoms with Crippen molar-refractivity contribution in [2.45, 2.75) is 25.4 Å². The molecule has 0 bridgehead atoms. The van der Waals surface area contributed by atoms with Crippen molar-refractivity contribution in [3.8, 4) is 0 Å². The van der Waals surface area contributed by atoms with Gasteiger partial charge in [0, 0.05) is 22.3 Å². The summed E-state index contributed by atoms with van der Waals surface area (Å²) in [6.45, 7) is 0.532. The fraction of sp³-hybridized carbons (Fsp3) is 0.308. The number of hydrogen-bond acceptors (Lipinski definition) is 6. The Bertz CT molecular complexity index is 796. The maximum absolute atomic E-state index is 4.40. The first-order valence-corrected chi connectivity index (χ1v) is 7.52. The summed E-state index contributed by atoms with van der Waals surface area (Å²) in [7, 11) is 0. The molecule has 1 aliphatic carbocycles. The molecule has 3 aromatic heterocycles. The summed E-state index contributed by atoms with van der Waals surface area (Å²) in [6, 6.07) is 4.38. The minimum Gasteiger partial charge on any atom is -0.361 e. The summed E-state index contributed by atoms with van der Waals surface area (Å²) in [4.78, 5) is 8.80. The highest BCUT2D eigenvalue weighted by molar-refractivity contribution is 9.10. The Balaban J connectivity index is 1.62. The van der Waals surface area contributed by atoms with Crippen LogP contribution >= 0.6 is 15.9 Å². The van der Waals surface area contributed by atoms with Crippen LogP contribution in [0.5, 0.6) is 0 Å². The van der Waals surface area contributed by atoms with E-state index in [0.29, 0.717) is 12.6 Å². The zero-order valence-electron chi connectivity index (χ0n) is 11.1. The molecule has 1 fully saturated rings. The Hall–Kier alpha value is -2.09. The SMILES string of the molecule is Brc1cnc(NCc2nnnn2C2CC2)c2ncccc12. The van der Waals surface area contributed by atoms with Gasteiger partial charge in [0.1, 0.15) is 5.52 Å². The molecule has 0 unspecified atom stereocenters. The zero-order chi connectivity index (χ0) is 14.2. The van der Waals surface area contributed by atoms with Crippen molar-refractivity contribution < 1.29 is 0 Å². The van der Waals surface area contributed by atoms with Crippen LogP contribution in [-0.4, -0.2) is 30.2 Å². The van der Waals surface area contributed by atoms with E-state index in [-0.39, 0.29) is 0 Å². The van der Waals surface area contributed by atoms with E-state index in [1.807, 2.05) is 16.8 Å². The zero-order valence-corrected chi connectivity index (χ0v) is 12.7. The first-order valence-electron chi connectivity index (χ1n) is 6.73. The topological polar surface area (TPSA) is 81.4 Å². The number of fused-ring (bicyclic) bond motifs is 1. The summed E-state index contributed by atoms with van der Waals surface area (Å²) in [5.74, 6) is 1.56. The number of tetrazole rings is 1. The maximum atomic E-state index is 4.40. The number of pyridine rings is 2. The van der Waals surface area contributed by atoms with Crippen LogP contribution in [-0.2, 0) is 6.54 Å². The number of nitrogens with zero attached hydrogens (tertiary/aromatic N) is 6. The molecule has 1 N–H and O–H groups in total. The molecule has 4 rings (SSSR count). The summed E-state index contributed by atoms with van der Waals surface area (Å²) in [5, 5.41) is 16.2. The minimum atomic E-state index is 0.463. The average molecular weight is 346 g/mol. The molecular weight excluding hydrogens is 334 g/mol. The van der Waals surface area contributed by atoms with E-state index in [9.17, 15) is 0 Å². The molecule has 0 aromatic carbocycles. The van der Waals surface area contributed by atoms with Gasteiger partial charge >= 0.3 is 0 Å². The van der Waals surface area contributed by atoms with Gasteiger partial charge in [0.15, 0.2) is 11.6 Å². The van der Waals surface area contributed by atoms with E-state index in [2.05, 4.69) is 46.7 Å². The molecule has 3 heterocycles. The maximum Gasteiger partial charge on any atom is 0.170 e. The highest BCUT2D eigenvalue weighted by Gasteiger charge is 2.27. The van der Waals surface area contributed by atoms with Crippen molar-refractivity contribution in [1.82, 2.24) is 30.2 Å². The van der Waals surface area contributed by atoms with Crippen molar-refractivity contribution in [2.75, 3.05) is 5.32 Å². The van der Waals surface area contributed by atoms with Gasteiger partial charge in [-0.15, -0.1) is 5.10 Å². The Labute approximate surface area is 128 Å². The number of anilines is 1. The van der Waals surface area contributed by atoms with Gasteiger partial charge in [0.25, 0.3) is 0 Å². The third kappa shape index (κ3) is 2.35. The molecule has 3 aromatic rings. The van der Waals surface area contributed by atoms with Crippen LogP contribution in [0.25, 0.3) is 10.9 Å². The van der Waals surface area contributed by atoms with Crippen molar-refractivity contribution >= 4 is 32.7 Å². The van der Waals surface area contributed by atoms with Gasteiger partial charge in [0.05, 0.1) is 12.6 Å². The van der Waals surface area contributed by atoms with E-state index in [1.54, 1.807) is 12.4 Å². The molecule has 8 heteroatoms. The second-order valence-electron chi connectivity index (χ2n) is 4.98. The fourth-order valence-corrected chi connectivity index (χ4v) is 2.68. The van der Waals surface area contributed by atoms with E-state index < -0.39 is 0 Å².